The normalized spacial score (nSPS) is 18.9. The number of anilines is 1. The fourth-order valence-corrected chi connectivity index (χ4v) is 2.43. The van der Waals surface area contributed by atoms with Gasteiger partial charge in [0.2, 0.25) is 0 Å². The van der Waals surface area contributed by atoms with Crippen molar-refractivity contribution in [3.05, 3.63) is 24.3 Å². The lowest BCUT2D eigenvalue weighted by Gasteiger charge is -2.33. The highest BCUT2D eigenvalue weighted by molar-refractivity contribution is 5.89. The zero-order valence-electron chi connectivity index (χ0n) is 12.3. The lowest BCUT2D eigenvalue weighted by Crippen LogP contribution is -2.46. The Balaban J connectivity index is 1.93. The number of urea groups is 1. The maximum atomic E-state index is 12.7. The summed E-state index contributed by atoms with van der Waals surface area (Å²) in [7, 11) is 0. The third-order valence-corrected chi connectivity index (χ3v) is 3.59. The summed E-state index contributed by atoms with van der Waals surface area (Å²) in [5.74, 6) is -0.761. The van der Waals surface area contributed by atoms with Gasteiger partial charge in [0.15, 0.2) is 0 Å². The number of hydrogen-bond acceptors (Lipinski definition) is 2. The predicted octanol–water partition coefficient (Wildman–Crippen LogP) is 3.89. The molecule has 1 atom stereocenters. The molecule has 0 saturated carbocycles. The third-order valence-electron chi connectivity index (χ3n) is 3.59. The van der Waals surface area contributed by atoms with E-state index in [1.807, 2.05) is 6.92 Å². The Morgan fingerprint density at radius 1 is 1.36 bits per heavy atom. The van der Waals surface area contributed by atoms with Gasteiger partial charge >= 0.3 is 12.2 Å². The number of rotatable bonds is 3. The van der Waals surface area contributed by atoms with Crippen molar-refractivity contribution in [2.24, 2.45) is 5.92 Å². The lowest BCUT2D eigenvalue weighted by molar-refractivity contribution is -0.183. The average molecular weight is 316 g/mol. The van der Waals surface area contributed by atoms with E-state index in [2.05, 4.69) is 5.32 Å². The van der Waals surface area contributed by atoms with Crippen LogP contribution in [0, 0.1) is 5.92 Å². The molecule has 0 unspecified atom stereocenters. The van der Waals surface area contributed by atoms with Gasteiger partial charge in [0.05, 0.1) is 12.5 Å². The number of ether oxygens (including phenoxy) is 1. The summed E-state index contributed by atoms with van der Waals surface area (Å²) in [5.41, 5.74) is 0.530. The van der Waals surface area contributed by atoms with E-state index in [0.29, 0.717) is 31.0 Å². The predicted molar refractivity (Wildman–Crippen MR) is 77.0 cm³/mol. The van der Waals surface area contributed by atoms with Gasteiger partial charge in [-0.15, -0.1) is 0 Å². The number of carbonyl (C=O) groups is 1. The quantitative estimate of drug-likeness (QED) is 0.919. The van der Waals surface area contributed by atoms with E-state index in [0.717, 1.165) is 0 Å². The highest BCUT2D eigenvalue weighted by Crippen LogP contribution is 2.33. The molecule has 0 bridgehead atoms. The highest BCUT2D eigenvalue weighted by atomic mass is 19.4. The summed E-state index contributed by atoms with van der Waals surface area (Å²) < 4.78 is 43.5. The zero-order valence-corrected chi connectivity index (χ0v) is 12.3. The van der Waals surface area contributed by atoms with Crippen molar-refractivity contribution in [1.29, 1.82) is 0 Å². The molecule has 1 aromatic rings. The largest absolute Gasteiger partial charge is 0.494 e. The third kappa shape index (κ3) is 4.29. The molecule has 1 aliphatic heterocycles. The summed E-state index contributed by atoms with van der Waals surface area (Å²) >= 11 is 0. The van der Waals surface area contributed by atoms with Gasteiger partial charge in [0.1, 0.15) is 5.75 Å². The van der Waals surface area contributed by atoms with Crippen LogP contribution in [0.1, 0.15) is 19.8 Å². The number of amides is 2. The van der Waals surface area contributed by atoms with Gasteiger partial charge < -0.3 is 15.0 Å². The van der Waals surface area contributed by atoms with Crippen molar-refractivity contribution < 1.29 is 22.7 Å². The van der Waals surface area contributed by atoms with E-state index in [4.69, 9.17) is 4.74 Å². The number of nitrogens with zero attached hydrogens (tertiary/aromatic N) is 1. The zero-order chi connectivity index (χ0) is 16.2. The van der Waals surface area contributed by atoms with E-state index >= 15 is 0 Å². The molecule has 1 aliphatic rings. The molecule has 7 heteroatoms. The molecule has 0 spiro atoms. The summed E-state index contributed by atoms with van der Waals surface area (Å²) in [5, 5.41) is 2.62. The number of piperidine rings is 1. The van der Waals surface area contributed by atoms with Gasteiger partial charge in [-0.05, 0) is 44.0 Å². The molecule has 1 N–H and O–H groups in total. The van der Waals surface area contributed by atoms with Crippen LogP contribution in [0.15, 0.2) is 24.3 Å². The Labute approximate surface area is 127 Å². The van der Waals surface area contributed by atoms with Crippen LogP contribution in [-0.2, 0) is 0 Å². The second-order valence-corrected chi connectivity index (χ2v) is 5.21. The van der Waals surface area contributed by atoms with Crippen LogP contribution in [0.2, 0.25) is 0 Å². The van der Waals surface area contributed by atoms with Gasteiger partial charge in [-0.25, -0.2) is 4.79 Å². The highest BCUT2D eigenvalue weighted by Gasteiger charge is 2.42. The van der Waals surface area contributed by atoms with Gasteiger partial charge in [0.25, 0.3) is 0 Å². The van der Waals surface area contributed by atoms with E-state index in [1.165, 1.54) is 4.90 Å². The van der Waals surface area contributed by atoms with Crippen molar-refractivity contribution in [2.45, 2.75) is 25.9 Å². The molecule has 4 nitrogen and oxygen atoms in total. The van der Waals surface area contributed by atoms with Crippen LogP contribution in [-0.4, -0.2) is 36.8 Å². The number of nitrogens with one attached hydrogen (secondary N) is 1. The van der Waals surface area contributed by atoms with E-state index in [9.17, 15) is 18.0 Å². The van der Waals surface area contributed by atoms with Crippen molar-refractivity contribution >= 4 is 11.7 Å². The minimum absolute atomic E-state index is 0.0797. The molecule has 0 radical (unpaired) electrons. The Morgan fingerprint density at radius 3 is 2.64 bits per heavy atom. The van der Waals surface area contributed by atoms with Crippen molar-refractivity contribution in [3.8, 4) is 5.75 Å². The summed E-state index contributed by atoms with van der Waals surface area (Å²) in [6.07, 6.45) is -3.81. The first-order chi connectivity index (χ1) is 10.4. The van der Waals surface area contributed by atoms with Crippen LogP contribution in [0.4, 0.5) is 23.7 Å². The van der Waals surface area contributed by atoms with Crippen molar-refractivity contribution in [1.82, 2.24) is 4.90 Å². The molecular weight excluding hydrogens is 297 g/mol. The number of halogens is 3. The van der Waals surface area contributed by atoms with Crippen molar-refractivity contribution in [2.75, 3.05) is 25.0 Å². The smallest absolute Gasteiger partial charge is 0.393 e. The Hall–Kier alpha value is -1.92. The monoisotopic (exact) mass is 316 g/mol. The number of carbonyl (C=O) groups excluding carboxylic acids is 1. The summed E-state index contributed by atoms with van der Waals surface area (Å²) in [4.78, 5) is 13.3. The van der Waals surface area contributed by atoms with E-state index < -0.39 is 18.1 Å². The Morgan fingerprint density at radius 2 is 2.05 bits per heavy atom. The van der Waals surface area contributed by atoms with Crippen LogP contribution in [0.3, 0.4) is 0 Å². The maximum Gasteiger partial charge on any atom is 0.393 e. The van der Waals surface area contributed by atoms with Crippen molar-refractivity contribution in [3.63, 3.8) is 0 Å². The SMILES string of the molecule is CCOc1ccc(NC(=O)N2CCC[C@H](C(F)(F)F)C2)cc1. The topological polar surface area (TPSA) is 41.6 Å². The molecular formula is C15H19F3N2O2. The summed E-state index contributed by atoms with van der Waals surface area (Å²) in [6.45, 7) is 2.46. The van der Waals surface area contributed by atoms with Crippen LogP contribution < -0.4 is 10.1 Å². The number of hydrogen-bond donors (Lipinski definition) is 1. The second kappa shape index (κ2) is 6.89. The number of likely N-dealkylation sites (tertiary alicyclic amines) is 1. The van der Waals surface area contributed by atoms with Crippen LogP contribution in [0.5, 0.6) is 5.75 Å². The van der Waals surface area contributed by atoms with Gasteiger partial charge in [-0.2, -0.15) is 13.2 Å². The lowest BCUT2D eigenvalue weighted by atomic mass is 9.98. The molecule has 0 aromatic heterocycles. The first-order valence-corrected chi connectivity index (χ1v) is 7.25. The first kappa shape index (κ1) is 16.5. The average Bonchev–Trinajstić information content (AvgIpc) is 2.49. The van der Waals surface area contributed by atoms with Crippen LogP contribution >= 0.6 is 0 Å². The Kier molecular flexibility index (Phi) is 5.15. The number of alkyl halides is 3. The fraction of sp³-hybridized carbons (Fsp3) is 0.533. The molecule has 2 amide bonds. The van der Waals surface area contributed by atoms with Gasteiger partial charge in [0, 0.05) is 18.8 Å². The second-order valence-electron chi connectivity index (χ2n) is 5.21. The molecule has 1 aromatic carbocycles. The maximum absolute atomic E-state index is 12.7. The minimum Gasteiger partial charge on any atom is -0.494 e. The van der Waals surface area contributed by atoms with E-state index in [1.54, 1.807) is 24.3 Å². The summed E-state index contributed by atoms with van der Waals surface area (Å²) in [6, 6.07) is 6.22. The molecule has 1 saturated heterocycles. The molecule has 1 fully saturated rings. The molecule has 22 heavy (non-hydrogen) atoms. The fourth-order valence-electron chi connectivity index (χ4n) is 2.43. The van der Waals surface area contributed by atoms with Gasteiger partial charge in [-0.3, -0.25) is 0 Å². The number of benzene rings is 1. The van der Waals surface area contributed by atoms with Crippen LogP contribution in [0.25, 0.3) is 0 Å². The molecule has 2 rings (SSSR count). The molecule has 122 valence electrons. The van der Waals surface area contributed by atoms with Gasteiger partial charge in [-0.1, -0.05) is 0 Å². The standard InChI is InChI=1S/C15H19F3N2O2/c1-2-22-13-7-5-12(6-8-13)19-14(21)20-9-3-4-11(10-20)15(16,17)18/h5-8,11H,2-4,9-10H2,1H3,(H,19,21)/t11-/m0/s1. The first-order valence-electron chi connectivity index (χ1n) is 7.25. The molecule has 0 aliphatic carbocycles. The van der Waals surface area contributed by atoms with E-state index in [-0.39, 0.29) is 13.0 Å². The minimum atomic E-state index is -4.25. The molecule has 1 heterocycles. The Bertz CT molecular complexity index is 503.